The molecule has 0 bridgehead atoms. The second-order valence-electron chi connectivity index (χ2n) is 6.01. The molecule has 1 aliphatic heterocycles. The summed E-state index contributed by atoms with van der Waals surface area (Å²) >= 11 is 0. The van der Waals surface area contributed by atoms with Gasteiger partial charge in [-0.1, -0.05) is 45.0 Å². The molecular weight excluding hydrogens is 222 g/mol. The van der Waals surface area contributed by atoms with Crippen LogP contribution in [0.4, 0.5) is 0 Å². The van der Waals surface area contributed by atoms with E-state index in [1.807, 2.05) is 0 Å². The van der Waals surface area contributed by atoms with E-state index in [-0.39, 0.29) is 11.5 Å². The van der Waals surface area contributed by atoms with E-state index in [2.05, 4.69) is 45.0 Å². The lowest BCUT2D eigenvalue weighted by atomic mass is 9.81. The highest BCUT2D eigenvalue weighted by atomic mass is 16.5. The largest absolute Gasteiger partial charge is 0.381 e. The Hall–Kier alpha value is -0.860. The van der Waals surface area contributed by atoms with E-state index in [1.54, 1.807) is 0 Å². The molecule has 1 saturated heterocycles. The van der Waals surface area contributed by atoms with E-state index in [0.717, 1.165) is 26.1 Å². The molecule has 0 radical (unpaired) electrons. The number of hydrogen-bond acceptors (Lipinski definition) is 2. The fourth-order valence-corrected chi connectivity index (χ4v) is 2.47. The molecule has 1 aromatic carbocycles. The van der Waals surface area contributed by atoms with Crippen molar-refractivity contribution < 1.29 is 4.74 Å². The maximum absolute atomic E-state index is 6.31. The van der Waals surface area contributed by atoms with Crippen LogP contribution in [0.25, 0.3) is 0 Å². The summed E-state index contributed by atoms with van der Waals surface area (Å²) in [4.78, 5) is 0. The predicted octanol–water partition coefficient (Wildman–Crippen LogP) is 3.41. The zero-order valence-corrected chi connectivity index (χ0v) is 11.8. The third kappa shape index (κ3) is 2.76. The van der Waals surface area contributed by atoms with Crippen molar-refractivity contribution in [2.24, 2.45) is 11.7 Å². The maximum Gasteiger partial charge on any atom is 0.0513 e. The Morgan fingerprint density at radius 2 is 2.00 bits per heavy atom. The van der Waals surface area contributed by atoms with Crippen molar-refractivity contribution in [3.05, 3.63) is 35.4 Å². The normalized spacial score (nSPS) is 22.1. The Morgan fingerprint density at radius 1 is 1.33 bits per heavy atom. The number of rotatable bonds is 4. The number of benzene rings is 1. The van der Waals surface area contributed by atoms with Crippen molar-refractivity contribution in [1.82, 2.24) is 0 Å². The van der Waals surface area contributed by atoms with Crippen LogP contribution in [0.3, 0.4) is 0 Å². The van der Waals surface area contributed by atoms with Crippen LogP contribution in [0, 0.1) is 5.92 Å². The molecule has 2 N–H and O–H groups in total. The Labute approximate surface area is 111 Å². The highest BCUT2D eigenvalue weighted by Crippen LogP contribution is 2.30. The first-order valence-corrected chi connectivity index (χ1v) is 6.98. The second kappa shape index (κ2) is 5.41. The smallest absolute Gasteiger partial charge is 0.0513 e. The van der Waals surface area contributed by atoms with Crippen molar-refractivity contribution in [2.45, 2.75) is 45.1 Å². The quantitative estimate of drug-likeness (QED) is 0.885. The number of nitrogens with two attached hydrogens (primary N) is 1. The van der Waals surface area contributed by atoms with Gasteiger partial charge in [-0.3, -0.25) is 0 Å². The summed E-state index contributed by atoms with van der Waals surface area (Å²) in [5.74, 6) is 0.482. The second-order valence-corrected chi connectivity index (χ2v) is 6.01. The van der Waals surface area contributed by atoms with Crippen LogP contribution in [0.1, 0.15) is 50.8 Å². The Balaban J connectivity index is 2.12. The van der Waals surface area contributed by atoms with Gasteiger partial charge in [-0.2, -0.15) is 0 Å². The molecule has 0 spiro atoms. The molecule has 0 saturated carbocycles. The van der Waals surface area contributed by atoms with Crippen LogP contribution < -0.4 is 5.73 Å². The minimum Gasteiger partial charge on any atom is -0.381 e. The lowest BCUT2D eigenvalue weighted by Crippen LogP contribution is -2.22. The molecule has 18 heavy (non-hydrogen) atoms. The molecule has 2 heteroatoms. The topological polar surface area (TPSA) is 35.2 Å². The summed E-state index contributed by atoms with van der Waals surface area (Å²) in [6.45, 7) is 8.47. The van der Waals surface area contributed by atoms with Gasteiger partial charge in [0.05, 0.1) is 6.61 Å². The molecule has 0 aromatic heterocycles. The van der Waals surface area contributed by atoms with E-state index in [0.29, 0.717) is 5.92 Å². The fourth-order valence-electron chi connectivity index (χ4n) is 2.47. The highest BCUT2D eigenvalue weighted by molar-refractivity contribution is 5.30. The molecule has 1 aliphatic rings. The van der Waals surface area contributed by atoms with Gasteiger partial charge in [-0.25, -0.2) is 0 Å². The molecule has 1 heterocycles. The van der Waals surface area contributed by atoms with Crippen molar-refractivity contribution in [2.75, 3.05) is 13.2 Å². The summed E-state index contributed by atoms with van der Waals surface area (Å²) in [6.07, 6.45) is 2.23. The molecule has 2 atom stereocenters. The fraction of sp³-hybridized carbons (Fsp3) is 0.625. The average molecular weight is 247 g/mol. The highest BCUT2D eigenvalue weighted by Gasteiger charge is 2.24. The Bertz CT molecular complexity index is 377. The van der Waals surface area contributed by atoms with Crippen LogP contribution >= 0.6 is 0 Å². The van der Waals surface area contributed by atoms with Crippen molar-refractivity contribution in [1.29, 1.82) is 0 Å². The van der Waals surface area contributed by atoms with Crippen LogP contribution in [-0.4, -0.2) is 13.2 Å². The van der Waals surface area contributed by atoms with Gasteiger partial charge in [0.25, 0.3) is 0 Å². The van der Waals surface area contributed by atoms with Gasteiger partial charge in [0.2, 0.25) is 0 Å². The Kier molecular flexibility index (Phi) is 4.08. The molecule has 2 rings (SSSR count). The standard InChI is InChI=1S/C16H25NO/c1-4-16(2,3)14-7-5-12(6-8-14)15(17)13-9-10-18-11-13/h5-8,13,15H,4,9-11,17H2,1-3H3. The lowest BCUT2D eigenvalue weighted by Gasteiger charge is -2.24. The van der Waals surface area contributed by atoms with Crippen LogP contribution in [0.2, 0.25) is 0 Å². The van der Waals surface area contributed by atoms with E-state index in [4.69, 9.17) is 10.5 Å². The van der Waals surface area contributed by atoms with Gasteiger partial charge in [0.15, 0.2) is 0 Å². The third-order valence-electron chi connectivity index (χ3n) is 4.43. The third-order valence-corrected chi connectivity index (χ3v) is 4.43. The van der Waals surface area contributed by atoms with E-state index >= 15 is 0 Å². The van der Waals surface area contributed by atoms with E-state index < -0.39 is 0 Å². The monoisotopic (exact) mass is 247 g/mol. The molecule has 1 fully saturated rings. The molecule has 2 unspecified atom stereocenters. The molecule has 0 aliphatic carbocycles. The molecule has 100 valence electrons. The minimum absolute atomic E-state index is 0.117. The molecule has 0 amide bonds. The van der Waals surface area contributed by atoms with Crippen molar-refractivity contribution in [3.8, 4) is 0 Å². The zero-order chi connectivity index (χ0) is 13.2. The van der Waals surface area contributed by atoms with Gasteiger partial charge in [-0.05, 0) is 29.4 Å². The summed E-state index contributed by atoms with van der Waals surface area (Å²) in [7, 11) is 0. The van der Waals surface area contributed by atoms with E-state index in [9.17, 15) is 0 Å². The Morgan fingerprint density at radius 3 is 2.50 bits per heavy atom. The van der Waals surface area contributed by atoms with Gasteiger partial charge in [0.1, 0.15) is 0 Å². The average Bonchev–Trinajstić information content (AvgIpc) is 2.92. The molecule has 1 aromatic rings. The first kappa shape index (κ1) is 13.6. The molecular formula is C16H25NO. The predicted molar refractivity (Wildman–Crippen MR) is 75.6 cm³/mol. The van der Waals surface area contributed by atoms with Crippen molar-refractivity contribution in [3.63, 3.8) is 0 Å². The summed E-state index contributed by atoms with van der Waals surface area (Å²) in [5.41, 5.74) is 9.19. The van der Waals surface area contributed by atoms with E-state index in [1.165, 1.54) is 11.1 Å². The summed E-state index contributed by atoms with van der Waals surface area (Å²) < 4.78 is 5.42. The van der Waals surface area contributed by atoms with Gasteiger partial charge in [-0.15, -0.1) is 0 Å². The van der Waals surface area contributed by atoms with Gasteiger partial charge >= 0.3 is 0 Å². The number of ether oxygens (including phenoxy) is 1. The SMILES string of the molecule is CCC(C)(C)c1ccc(C(N)C2CCOC2)cc1. The first-order valence-electron chi connectivity index (χ1n) is 6.98. The zero-order valence-electron chi connectivity index (χ0n) is 11.8. The first-order chi connectivity index (χ1) is 8.54. The summed E-state index contributed by atoms with van der Waals surface area (Å²) in [5, 5.41) is 0. The van der Waals surface area contributed by atoms with Gasteiger partial charge in [0, 0.05) is 18.6 Å². The van der Waals surface area contributed by atoms with Crippen LogP contribution in [0.15, 0.2) is 24.3 Å². The summed E-state index contributed by atoms with van der Waals surface area (Å²) in [6, 6.07) is 8.96. The molecule has 2 nitrogen and oxygen atoms in total. The minimum atomic E-state index is 0.117. The van der Waals surface area contributed by atoms with Gasteiger partial charge < -0.3 is 10.5 Å². The van der Waals surface area contributed by atoms with Crippen LogP contribution in [-0.2, 0) is 10.2 Å². The number of hydrogen-bond donors (Lipinski definition) is 1. The van der Waals surface area contributed by atoms with Crippen LogP contribution in [0.5, 0.6) is 0 Å². The lowest BCUT2D eigenvalue weighted by molar-refractivity contribution is 0.181. The maximum atomic E-state index is 6.31. The van der Waals surface area contributed by atoms with Crippen molar-refractivity contribution >= 4 is 0 Å².